The highest BCUT2D eigenvalue weighted by atomic mass is 127. The van der Waals surface area contributed by atoms with E-state index in [9.17, 15) is 9.59 Å². The fourth-order valence-corrected chi connectivity index (χ4v) is 1.38. The van der Waals surface area contributed by atoms with Gasteiger partial charge in [-0.25, -0.2) is 0 Å². The van der Waals surface area contributed by atoms with Gasteiger partial charge in [-0.15, -0.1) is 0 Å². The molecule has 0 aliphatic heterocycles. The molecular weight excluding hydrogens is 668 g/mol. The van der Waals surface area contributed by atoms with Crippen LogP contribution in [0.4, 0.5) is 0 Å². The van der Waals surface area contributed by atoms with Crippen molar-refractivity contribution in [3.63, 3.8) is 0 Å². The lowest BCUT2D eigenvalue weighted by molar-refractivity contribution is -0.149. The monoisotopic (exact) mass is 678 g/mol. The van der Waals surface area contributed by atoms with Gasteiger partial charge < -0.3 is 9.47 Å². The number of hydrogen-bond acceptors (Lipinski definition) is 4. The zero-order valence-electron chi connectivity index (χ0n) is 8.13. The second-order valence-electron chi connectivity index (χ2n) is 2.65. The van der Waals surface area contributed by atoms with E-state index >= 15 is 0 Å². The Morgan fingerprint density at radius 3 is 1.38 bits per heavy atom. The molecule has 0 aliphatic carbocycles. The smallest absolute Gasteiger partial charge is 0.306 e. The van der Waals surface area contributed by atoms with Crippen LogP contribution in [-0.2, 0) is 19.1 Å². The molecule has 0 aromatic rings. The number of hydrogen-bond donors (Lipinski definition) is 0. The summed E-state index contributed by atoms with van der Waals surface area (Å²) in [6, 6.07) is 0. The zero-order valence-corrected chi connectivity index (χ0v) is 16.8. The molecule has 0 heterocycles. The summed E-state index contributed by atoms with van der Waals surface area (Å²) in [7, 11) is 0. The highest BCUT2D eigenvalue weighted by Crippen LogP contribution is 2.11. The first-order valence-corrected chi connectivity index (χ1v) is 9.27. The number of rotatable bonds is 7. The molecule has 0 atom stereocenters. The molecule has 0 saturated heterocycles. The van der Waals surface area contributed by atoms with Crippen molar-refractivity contribution in [1.29, 1.82) is 0 Å². The molecule has 0 fully saturated rings. The highest BCUT2D eigenvalue weighted by molar-refractivity contribution is 14.2. The standard InChI is InChI=1S/C8H10I4O4/c9-5(10)3-15-7(13)1-2-8(14)16-4-6(11)12/h5-6H,1-4H2. The van der Waals surface area contributed by atoms with Crippen LogP contribution in [0.2, 0.25) is 0 Å². The normalized spacial score (nSPS) is 10.6. The summed E-state index contributed by atoms with van der Waals surface area (Å²) >= 11 is 8.62. The highest BCUT2D eigenvalue weighted by Gasteiger charge is 2.11. The number of carbonyl (C=O) groups excluding carboxylic acids is 2. The number of carbonyl (C=O) groups is 2. The third-order valence-corrected chi connectivity index (χ3v) is 2.71. The van der Waals surface area contributed by atoms with Gasteiger partial charge >= 0.3 is 11.9 Å². The first-order valence-electron chi connectivity index (χ1n) is 4.29. The molecule has 0 aromatic heterocycles. The largest absolute Gasteiger partial charge is 0.464 e. The van der Waals surface area contributed by atoms with Crippen LogP contribution >= 0.6 is 90.4 Å². The van der Waals surface area contributed by atoms with Gasteiger partial charge in [0.05, 0.1) is 16.7 Å². The van der Waals surface area contributed by atoms with Gasteiger partial charge in [0.15, 0.2) is 0 Å². The molecule has 0 aromatic carbocycles. The first kappa shape index (κ1) is 17.9. The first-order chi connectivity index (χ1) is 7.41. The Balaban J connectivity index is 3.55. The van der Waals surface area contributed by atoms with E-state index < -0.39 is 0 Å². The molecule has 0 N–H and O–H groups in total. The molecule has 0 aliphatic rings. The molecule has 0 bridgehead atoms. The van der Waals surface area contributed by atoms with Crippen LogP contribution in [0.3, 0.4) is 0 Å². The molecule has 0 radical (unpaired) electrons. The van der Waals surface area contributed by atoms with E-state index in [1.165, 1.54) is 0 Å². The van der Waals surface area contributed by atoms with Crippen molar-refractivity contribution in [2.45, 2.75) is 16.7 Å². The van der Waals surface area contributed by atoms with Crippen molar-refractivity contribution in [2.75, 3.05) is 13.2 Å². The molecule has 0 unspecified atom stereocenters. The Kier molecular flexibility index (Phi) is 12.0. The van der Waals surface area contributed by atoms with E-state index in [0.29, 0.717) is 13.2 Å². The van der Waals surface area contributed by atoms with Gasteiger partial charge in [0.1, 0.15) is 13.2 Å². The molecule has 0 rings (SSSR count). The third kappa shape index (κ3) is 12.3. The summed E-state index contributed by atoms with van der Waals surface area (Å²) in [6.45, 7) is 0.747. The van der Waals surface area contributed by atoms with E-state index in [-0.39, 0.29) is 28.6 Å². The van der Waals surface area contributed by atoms with E-state index in [0.717, 1.165) is 0 Å². The van der Waals surface area contributed by atoms with Gasteiger partial charge in [0.2, 0.25) is 0 Å². The Morgan fingerprint density at radius 1 is 0.812 bits per heavy atom. The summed E-state index contributed by atoms with van der Waals surface area (Å²) in [6.07, 6.45) is 0.179. The van der Waals surface area contributed by atoms with Crippen molar-refractivity contribution >= 4 is 102 Å². The molecule has 94 valence electrons. The van der Waals surface area contributed by atoms with Crippen LogP contribution < -0.4 is 0 Å². The lowest BCUT2D eigenvalue weighted by Crippen LogP contribution is -2.14. The molecule has 8 heteroatoms. The fraction of sp³-hybridized carbons (Fsp3) is 0.750. The third-order valence-electron chi connectivity index (χ3n) is 1.27. The SMILES string of the molecule is O=C(CCC(=O)OCC(I)I)OCC(I)I. The maximum absolute atomic E-state index is 11.2. The van der Waals surface area contributed by atoms with Gasteiger partial charge in [0.25, 0.3) is 0 Å². The Bertz CT molecular complexity index is 208. The van der Waals surface area contributed by atoms with E-state index in [1.54, 1.807) is 0 Å². The van der Waals surface area contributed by atoms with Gasteiger partial charge in [-0.05, 0) is 0 Å². The lowest BCUT2D eigenvalue weighted by atomic mass is 10.3. The minimum atomic E-state index is -0.351. The average molecular weight is 678 g/mol. The molecule has 0 amide bonds. The van der Waals surface area contributed by atoms with Crippen LogP contribution in [0.15, 0.2) is 0 Å². The van der Waals surface area contributed by atoms with Gasteiger partial charge in [0, 0.05) is 0 Å². The maximum Gasteiger partial charge on any atom is 0.306 e. The van der Waals surface area contributed by atoms with Gasteiger partial charge in [-0.2, -0.15) is 0 Å². The van der Waals surface area contributed by atoms with E-state index in [2.05, 4.69) is 90.4 Å². The minimum Gasteiger partial charge on any atom is -0.464 e. The molecule has 0 saturated carbocycles. The molecular formula is C8H10I4O4. The predicted octanol–water partition coefficient (Wildman–Crippen LogP) is 3.25. The topological polar surface area (TPSA) is 52.6 Å². The Hall–Kier alpha value is 1.86. The predicted molar refractivity (Wildman–Crippen MR) is 94.8 cm³/mol. The summed E-state index contributed by atoms with van der Waals surface area (Å²) in [5, 5.41) is 0. The van der Waals surface area contributed by atoms with E-state index in [4.69, 9.17) is 9.47 Å². The lowest BCUT2D eigenvalue weighted by Gasteiger charge is -2.06. The summed E-state index contributed by atoms with van der Waals surface area (Å²) in [4.78, 5) is 22.3. The molecule has 0 spiro atoms. The van der Waals surface area contributed by atoms with Crippen LogP contribution in [0.5, 0.6) is 0 Å². The van der Waals surface area contributed by atoms with Gasteiger partial charge in [-0.1, -0.05) is 90.4 Å². The number of alkyl halides is 4. The minimum absolute atomic E-state index is 0.0893. The molecule has 16 heavy (non-hydrogen) atoms. The Labute approximate surface area is 149 Å². The van der Waals surface area contributed by atoms with Crippen LogP contribution in [0.25, 0.3) is 0 Å². The molecule has 4 nitrogen and oxygen atoms in total. The van der Waals surface area contributed by atoms with Crippen molar-refractivity contribution in [1.82, 2.24) is 0 Å². The second kappa shape index (κ2) is 10.8. The van der Waals surface area contributed by atoms with Crippen molar-refractivity contribution in [3.8, 4) is 0 Å². The quantitative estimate of drug-likeness (QED) is 0.236. The van der Waals surface area contributed by atoms with Crippen LogP contribution in [0, 0.1) is 0 Å². The average Bonchev–Trinajstić information content (AvgIpc) is 2.20. The zero-order chi connectivity index (χ0) is 12.6. The van der Waals surface area contributed by atoms with Crippen LogP contribution in [-0.4, -0.2) is 29.0 Å². The summed E-state index contributed by atoms with van der Waals surface area (Å²) < 4.78 is 10.3. The van der Waals surface area contributed by atoms with Crippen molar-refractivity contribution in [2.24, 2.45) is 0 Å². The van der Waals surface area contributed by atoms with E-state index in [1.807, 2.05) is 0 Å². The maximum atomic E-state index is 11.2. The van der Waals surface area contributed by atoms with Crippen molar-refractivity contribution < 1.29 is 19.1 Å². The van der Waals surface area contributed by atoms with Gasteiger partial charge in [-0.3, -0.25) is 9.59 Å². The second-order valence-corrected chi connectivity index (χ2v) is 13.4. The summed E-state index contributed by atoms with van der Waals surface area (Å²) in [5.41, 5.74) is 0. The van der Waals surface area contributed by atoms with Crippen molar-refractivity contribution in [3.05, 3.63) is 0 Å². The van der Waals surface area contributed by atoms with Crippen LogP contribution in [0.1, 0.15) is 12.8 Å². The Morgan fingerprint density at radius 2 is 1.12 bits per heavy atom. The summed E-state index contributed by atoms with van der Waals surface area (Å²) in [5.74, 6) is -0.702. The number of halogens is 4. The number of ether oxygens (including phenoxy) is 2. The number of esters is 2. The fourth-order valence-electron chi connectivity index (χ4n) is 0.660.